The molecule has 0 amide bonds. The van der Waals surface area contributed by atoms with Crippen LogP contribution in [0.25, 0.3) is 76.5 Å². The van der Waals surface area contributed by atoms with E-state index in [4.69, 9.17) is 9.15 Å². The second-order valence-corrected chi connectivity index (χ2v) is 17.9. The lowest BCUT2D eigenvalue weighted by molar-refractivity contribution is 0.269. The highest BCUT2D eigenvalue weighted by Gasteiger charge is 2.36. The maximum atomic E-state index is 6.96. The van der Waals surface area contributed by atoms with Gasteiger partial charge < -0.3 is 19.0 Å². The third kappa shape index (κ3) is 5.87. The zero-order valence-electron chi connectivity index (χ0n) is 37.0. The van der Waals surface area contributed by atoms with E-state index in [-0.39, 0.29) is 12.0 Å². The van der Waals surface area contributed by atoms with E-state index in [1.807, 2.05) is 6.07 Å². The molecule has 0 fully saturated rings. The van der Waals surface area contributed by atoms with Crippen molar-refractivity contribution in [2.75, 3.05) is 9.80 Å². The van der Waals surface area contributed by atoms with Gasteiger partial charge in [0.2, 0.25) is 0 Å². The van der Waals surface area contributed by atoms with E-state index in [9.17, 15) is 0 Å². The zero-order valence-corrected chi connectivity index (χ0v) is 37.0. The van der Waals surface area contributed by atoms with Crippen molar-refractivity contribution in [2.45, 2.75) is 12.0 Å². The van der Waals surface area contributed by atoms with Crippen LogP contribution >= 0.6 is 0 Å². The van der Waals surface area contributed by atoms with E-state index in [1.54, 1.807) is 0 Å². The molecule has 2 heterocycles. The van der Waals surface area contributed by atoms with Crippen molar-refractivity contribution < 1.29 is 9.15 Å². The Labute approximate surface area is 393 Å². The zero-order chi connectivity index (χ0) is 44.7. The molecule has 14 rings (SSSR count). The van der Waals surface area contributed by atoms with Gasteiger partial charge in [-0.2, -0.15) is 0 Å². The SMILES string of the molecule is C1=CC2Oc3c(cccc3N(c3ccccc3-c3ccccc3)c3ccc4ccc5c(N(c6ccccc6-c6ccccc6)c6cccc7c6oc6ccccc67)ccc6ccc3c4c65)C2C=C1. The molecular formula is C64H42N2O2. The van der Waals surface area contributed by atoms with E-state index < -0.39 is 0 Å². The summed E-state index contributed by atoms with van der Waals surface area (Å²) in [5.41, 5.74) is 13.8. The number of anilines is 6. The Morgan fingerprint density at radius 2 is 0.868 bits per heavy atom. The number of hydrogen-bond acceptors (Lipinski definition) is 4. The minimum atomic E-state index is -0.0532. The molecule has 2 atom stereocenters. The molecule has 12 aromatic rings. The number of nitrogens with zero attached hydrogens (tertiary/aromatic N) is 2. The molecule has 11 aromatic carbocycles. The Balaban J connectivity index is 1.04. The van der Waals surface area contributed by atoms with Gasteiger partial charge in [-0.1, -0.05) is 194 Å². The molecule has 68 heavy (non-hydrogen) atoms. The van der Waals surface area contributed by atoms with Crippen LogP contribution in [0.3, 0.4) is 0 Å². The van der Waals surface area contributed by atoms with Gasteiger partial charge in [-0.3, -0.25) is 0 Å². The van der Waals surface area contributed by atoms with E-state index in [0.29, 0.717) is 0 Å². The Bertz CT molecular complexity index is 3980. The van der Waals surface area contributed by atoms with Crippen molar-refractivity contribution >= 4 is 88.4 Å². The smallest absolute Gasteiger partial charge is 0.159 e. The average molecular weight is 871 g/mol. The number of benzene rings is 11. The fraction of sp³-hybridized carbons (Fsp3) is 0.0312. The standard InChI is InChI=1S/C64H42N2O2/c1-3-17-41(18-4-1)45-21-7-11-27-53(45)65(57-29-15-25-49-47-23-9-13-31-59(47)67-63(49)57)55-39-35-43-34-38-52-56(40-36-44-33-37-51(55)61(43)62(44)52)66(54-28-12-8-22-46(54)42-19-5-2-6-20-42)58-30-16-26-50-48-24-10-14-32-60(48)68-64(50)58/h1-40,47,59H. The van der Waals surface area contributed by atoms with Gasteiger partial charge in [-0.15, -0.1) is 0 Å². The first-order chi connectivity index (χ1) is 33.8. The second-order valence-electron chi connectivity index (χ2n) is 17.9. The Morgan fingerprint density at radius 3 is 1.54 bits per heavy atom. The highest BCUT2D eigenvalue weighted by molar-refractivity contribution is 6.28. The monoisotopic (exact) mass is 870 g/mol. The van der Waals surface area contributed by atoms with Crippen molar-refractivity contribution in [1.82, 2.24) is 0 Å². The molecule has 0 saturated heterocycles. The summed E-state index contributed by atoms with van der Waals surface area (Å²) in [5, 5.41) is 9.28. The number of allylic oxidation sites excluding steroid dienone is 2. The number of furan rings is 1. The van der Waals surface area contributed by atoms with Gasteiger partial charge in [-0.05, 0) is 81.2 Å². The maximum Gasteiger partial charge on any atom is 0.159 e. The van der Waals surface area contributed by atoms with Gasteiger partial charge in [0.1, 0.15) is 17.4 Å². The van der Waals surface area contributed by atoms with Crippen LogP contribution in [0.15, 0.2) is 247 Å². The lowest BCUT2D eigenvalue weighted by Crippen LogP contribution is -2.16. The van der Waals surface area contributed by atoms with Crippen LogP contribution in [-0.2, 0) is 0 Å². The Kier molecular flexibility index (Phi) is 8.68. The van der Waals surface area contributed by atoms with Gasteiger partial charge in [0.15, 0.2) is 5.58 Å². The number of hydrogen-bond donors (Lipinski definition) is 0. The first-order valence-corrected chi connectivity index (χ1v) is 23.4. The van der Waals surface area contributed by atoms with E-state index in [1.165, 1.54) is 27.1 Å². The third-order valence-corrected chi connectivity index (χ3v) is 14.1. The summed E-state index contributed by atoms with van der Waals surface area (Å²) in [6.45, 7) is 0. The predicted molar refractivity (Wildman–Crippen MR) is 283 cm³/mol. The molecule has 0 radical (unpaired) electrons. The summed E-state index contributed by atoms with van der Waals surface area (Å²) >= 11 is 0. The largest absolute Gasteiger partial charge is 0.483 e. The summed E-state index contributed by atoms with van der Waals surface area (Å²) in [7, 11) is 0. The summed E-state index contributed by atoms with van der Waals surface area (Å²) in [5.74, 6) is 1.07. The molecule has 320 valence electrons. The second kappa shape index (κ2) is 15.4. The van der Waals surface area contributed by atoms with E-state index in [0.717, 1.165) is 94.8 Å². The molecule has 0 bridgehead atoms. The van der Waals surface area contributed by atoms with Crippen LogP contribution in [0.4, 0.5) is 34.1 Å². The molecular weight excluding hydrogens is 829 g/mol. The molecule has 1 aliphatic carbocycles. The van der Waals surface area contributed by atoms with Crippen molar-refractivity contribution in [3.63, 3.8) is 0 Å². The first kappa shape index (κ1) is 38.4. The molecule has 0 N–H and O–H groups in total. The molecule has 0 spiro atoms. The van der Waals surface area contributed by atoms with Gasteiger partial charge in [0.05, 0.1) is 34.1 Å². The minimum absolute atomic E-state index is 0.0532. The first-order valence-electron chi connectivity index (χ1n) is 23.4. The number of rotatable bonds is 8. The van der Waals surface area contributed by atoms with Crippen LogP contribution in [0, 0.1) is 0 Å². The fourth-order valence-corrected chi connectivity index (χ4v) is 11.1. The number of ether oxygens (including phenoxy) is 1. The van der Waals surface area contributed by atoms with Crippen LogP contribution in [0.1, 0.15) is 11.5 Å². The van der Waals surface area contributed by atoms with E-state index in [2.05, 4.69) is 246 Å². The highest BCUT2D eigenvalue weighted by Crippen LogP contribution is 2.55. The normalized spacial score (nSPS) is 15.1. The molecule has 2 aliphatic rings. The molecule has 2 unspecified atom stereocenters. The number of fused-ring (bicyclic) bond motifs is 6. The lowest BCUT2D eigenvalue weighted by atomic mass is 9.90. The predicted octanol–water partition coefficient (Wildman–Crippen LogP) is 17.7. The van der Waals surface area contributed by atoms with Gasteiger partial charge >= 0.3 is 0 Å². The molecule has 0 saturated carbocycles. The lowest BCUT2D eigenvalue weighted by Gasteiger charge is -2.31. The van der Waals surface area contributed by atoms with Crippen LogP contribution in [0.2, 0.25) is 0 Å². The van der Waals surface area contributed by atoms with Gasteiger partial charge in [0, 0.05) is 44.2 Å². The molecule has 4 heteroatoms. The molecule has 1 aromatic heterocycles. The van der Waals surface area contributed by atoms with Gasteiger partial charge in [-0.25, -0.2) is 0 Å². The molecule has 1 aliphatic heterocycles. The van der Waals surface area contributed by atoms with Crippen molar-refractivity contribution in [1.29, 1.82) is 0 Å². The quantitative estimate of drug-likeness (QED) is 0.142. The summed E-state index contributed by atoms with van der Waals surface area (Å²) in [6, 6.07) is 78.9. The van der Waals surface area contributed by atoms with Crippen molar-refractivity contribution in [3.8, 4) is 28.0 Å². The summed E-state index contributed by atoms with van der Waals surface area (Å²) in [6.07, 6.45) is 8.64. The average Bonchev–Trinajstić information content (AvgIpc) is 3.99. The van der Waals surface area contributed by atoms with Crippen LogP contribution < -0.4 is 14.5 Å². The minimum Gasteiger partial charge on any atom is -0.483 e. The topological polar surface area (TPSA) is 28.9 Å². The Morgan fingerprint density at radius 1 is 0.353 bits per heavy atom. The van der Waals surface area contributed by atoms with Crippen molar-refractivity contribution in [3.05, 3.63) is 248 Å². The van der Waals surface area contributed by atoms with Gasteiger partial charge in [0.25, 0.3) is 0 Å². The van der Waals surface area contributed by atoms with Crippen LogP contribution in [-0.4, -0.2) is 6.10 Å². The van der Waals surface area contributed by atoms with E-state index >= 15 is 0 Å². The maximum absolute atomic E-state index is 6.96. The third-order valence-electron chi connectivity index (χ3n) is 14.1. The molecule has 4 nitrogen and oxygen atoms in total. The van der Waals surface area contributed by atoms with Crippen LogP contribution in [0.5, 0.6) is 5.75 Å². The summed E-state index contributed by atoms with van der Waals surface area (Å²) in [4.78, 5) is 4.87. The number of para-hydroxylation sites is 5. The highest BCUT2D eigenvalue weighted by atomic mass is 16.5. The Hall–Kier alpha value is -8.86. The van der Waals surface area contributed by atoms with Crippen molar-refractivity contribution in [2.24, 2.45) is 0 Å². The summed E-state index contributed by atoms with van der Waals surface area (Å²) < 4.78 is 13.8. The fourth-order valence-electron chi connectivity index (χ4n) is 11.1.